The fraction of sp³-hybridized carbons (Fsp3) is 0.588. The third-order valence-electron chi connectivity index (χ3n) is 4.18. The molecule has 0 heterocycles. The summed E-state index contributed by atoms with van der Waals surface area (Å²) in [6, 6.07) is 7.58. The molecule has 0 saturated heterocycles. The lowest BCUT2D eigenvalue weighted by molar-refractivity contribution is -0.00679. The van der Waals surface area contributed by atoms with E-state index in [1.165, 1.54) is 0 Å². The van der Waals surface area contributed by atoms with Crippen molar-refractivity contribution < 1.29 is 5.11 Å². The molecule has 1 aromatic rings. The van der Waals surface area contributed by atoms with Gasteiger partial charge in [0.15, 0.2) is 0 Å². The number of hydrogen-bond acceptors (Lipinski definition) is 2. The van der Waals surface area contributed by atoms with Crippen LogP contribution in [0.2, 0.25) is 5.02 Å². The minimum Gasteiger partial charge on any atom is -0.393 e. The minimum absolute atomic E-state index is 0.0593. The normalized spacial score (nSPS) is 28.1. The lowest BCUT2D eigenvalue weighted by atomic mass is 9.63. The molecule has 2 N–H and O–H groups in total. The maximum atomic E-state index is 10.1. The first-order valence-corrected chi connectivity index (χ1v) is 8.20. The molecule has 2 nitrogen and oxygen atoms in total. The number of benzene rings is 1. The van der Waals surface area contributed by atoms with Gasteiger partial charge >= 0.3 is 0 Å². The predicted molar refractivity (Wildman–Crippen MR) is 92.9 cm³/mol. The van der Waals surface area contributed by atoms with Crippen LogP contribution in [0, 0.1) is 10.8 Å². The summed E-state index contributed by atoms with van der Waals surface area (Å²) in [6.45, 7) is 7.45. The van der Waals surface area contributed by atoms with Crippen molar-refractivity contribution in [1.29, 1.82) is 0 Å². The van der Waals surface area contributed by atoms with Crippen LogP contribution in [-0.2, 0) is 0 Å². The molecule has 0 radical (unpaired) electrons. The van der Waals surface area contributed by atoms with Crippen molar-refractivity contribution in [2.24, 2.45) is 10.8 Å². The van der Waals surface area contributed by atoms with Gasteiger partial charge in [-0.25, -0.2) is 0 Å². The van der Waals surface area contributed by atoms with Crippen LogP contribution in [-0.4, -0.2) is 22.7 Å². The van der Waals surface area contributed by atoms with Gasteiger partial charge in [0.1, 0.15) is 4.99 Å². The van der Waals surface area contributed by atoms with Crippen molar-refractivity contribution in [2.45, 2.75) is 46.1 Å². The smallest absolute Gasteiger partial charge is 0.106 e. The Morgan fingerprint density at radius 1 is 1.38 bits per heavy atom. The molecule has 1 aromatic carbocycles. The van der Waals surface area contributed by atoms with E-state index in [0.717, 1.165) is 36.4 Å². The summed E-state index contributed by atoms with van der Waals surface area (Å²) in [5.41, 5.74) is 1.17. The maximum Gasteiger partial charge on any atom is 0.106 e. The van der Waals surface area contributed by atoms with Gasteiger partial charge in [-0.05, 0) is 42.2 Å². The number of nitrogens with one attached hydrogen (secondary N) is 1. The summed E-state index contributed by atoms with van der Waals surface area (Å²) in [7, 11) is 0. The van der Waals surface area contributed by atoms with E-state index < -0.39 is 0 Å². The summed E-state index contributed by atoms with van der Waals surface area (Å²) >= 11 is 11.5. The molecule has 116 valence electrons. The molecule has 0 aliphatic heterocycles. The summed E-state index contributed by atoms with van der Waals surface area (Å²) in [4.78, 5) is 0.719. The van der Waals surface area contributed by atoms with Crippen LogP contribution >= 0.6 is 23.8 Å². The highest BCUT2D eigenvalue weighted by molar-refractivity contribution is 7.80. The van der Waals surface area contributed by atoms with Crippen LogP contribution in [0.5, 0.6) is 0 Å². The van der Waals surface area contributed by atoms with Crippen LogP contribution < -0.4 is 5.32 Å². The SMILES string of the molecule is CC1(C)C[C@H](O)C[C@](C)(CNC(=S)c2cccc(Cl)c2)C1. The molecule has 1 aliphatic rings. The average Bonchev–Trinajstić information content (AvgIpc) is 2.33. The summed E-state index contributed by atoms with van der Waals surface area (Å²) < 4.78 is 0. The van der Waals surface area contributed by atoms with Gasteiger partial charge in [0.05, 0.1) is 6.10 Å². The van der Waals surface area contributed by atoms with Crippen LogP contribution in [0.1, 0.15) is 45.6 Å². The number of thiocarbonyl (C=S) groups is 1. The first kappa shape index (κ1) is 16.7. The van der Waals surface area contributed by atoms with Crippen molar-refractivity contribution in [1.82, 2.24) is 5.32 Å². The second-order valence-electron chi connectivity index (χ2n) is 7.41. The third-order valence-corrected chi connectivity index (χ3v) is 4.80. The van der Waals surface area contributed by atoms with Gasteiger partial charge in [-0.15, -0.1) is 0 Å². The van der Waals surface area contributed by atoms with Crippen molar-refractivity contribution >= 4 is 28.8 Å². The van der Waals surface area contributed by atoms with Crippen LogP contribution in [0.4, 0.5) is 0 Å². The molecule has 0 unspecified atom stereocenters. The van der Waals surface area contributed by atoms with E-state index in [1.807, 2.05) is 24.3 Å². The highest BCUT2D eigenvalue weighted by Crippen LogP contribution is 2.45. The Kier molecular flexibility index (Phi) is 4.96. The van der Waals surface area contributed by atoms with Crippen molar-refractivity contribution in [3.63, 3.8) is 0 Å². The van der Waals surface area contributed by atoms with Gasteiger partial charge in [-0.1, -0.05) is 56.7 Å². The summed E-state index contributed by atoms with van der Waals surface area (Å²) in [5, 5.41) is 14.2. The van der Waals surface area contributed by atoms with Gasteiger partial charge < -0.3 is 10.4 Å². The highest BCUT2D eigenvalue weighted by Gasteiger charge is 2.40. The zero-order valence-corrected chi connectivity index (χ0v) is 14.5. The van der Waals surface area contributed by atoms with E-state index in [0.29, 0.717) is 5.02 Å². The van der Waals surface area contributed by atoms with E-state index in [-0.39, 0.29) is 16.9 Å². The Labute approximate surface area is 137 Å². The monoisotopic (exact) mass is 325 g/mol. The van der Waals surface area contributed by atoms with Gasteiger partial charge in [0.2, 0.25) is 0 Å². The number of hydrogen-bond donors (Lipinski definition) is 2. The average molecular weight is 326 g/mol. The zero-order valence-electron chi connectivity index (χ0n) is 12.9. The van der Waals surface area contributed by atoms with E-state index >= 15 is 0 Å². The molecular formula is C17H24ClNOS. The number of aliphatic hydroxyl groups is 1. The Balaban J connectivity index is 2.00. The fourth-order valence-electron chi connectivity index (χ4n) is 3.74. The first-order valence-electron chi connectivity index (χ1n) is 7.41. The van der Waals surface area contributed by atoms with Crippen molar-refractivity contribution in [2.75, 3.05) is 6.54 Å². The number of aliphatic hydroxyl groups excluding tert-OH is 1. The lowest BCUT2D eigenvalue weighted by Crippen LogP contribution is -2.45. The largest absolute Gasteiger partial charge is 0.393 e. The molecule has 4 heteroatoms. The maximum absolute atomic E-state index is 10.1. The number of rotatable bonds is 3. The molecule has 0 bridgehead atoms. The molecule has 1 fully saturated rings. The third kappa shape index (κ3) is 4.67. The zero-order chi connectivity index (χ0) is 15.7. The fourth-order valence-corrected chi connectivity index (χ4v) is 4.13. The van der Waals surface area contributed by atoms with Crippen LogP contribution in [0.25, 0.3) is 0 Å². The van der Waals surface area contributed by atoms with Crippen molar-refractivity contribution in [3.8, 4) is 0 Å². The highest BCUT2D eigenvalue weighted by atomic mass is 35.5. The Bertz CT molecular complexity index is 531. The second kappa shape index (κ2) is 6.23. The van der Waals surface area contributed by atoms with Gasteiger partial charge in [-0.2, -0.15) is 0 Å². The molecule has 0 aromatic heterocycles. The summed E-state index contributed by atoms with van der Waals surface area (Å²) in [6.07, 6.45) is 2.56. The molecule has 2 rings (SSSR count). The molecular weight excluding hydrogens is 302 g/mol. The van der Waals surface area contributed by atoms with E-state index in [1.54, 1.807) is 0 Å². The Morgan fingerprint density at radius 2 is 2.10 bits per heavy atom. The second-order valence-corrected chi connectivity index (χ2v) is 8.25. The lowest BCUT2D eigenvalue weighted by Gasteiger charge is -2.45. The van der Waals surface area contributed by atoms with E-state index in [4.69, 9.17) is 23.8 Å². The Hall–Kier alpha value is -0.640. The van der Waals surface area contributed by atoms with E-state index in [9.17, 15) is 5.11 Å². The Morgan fingerprint density at radius 3 is 2.71 bits per heavy atom. The van der Waals surface area contributed by atoms with Gasteiger partial charge in [0.25, 0.3) is 0 Å². The van der Waals surface area contributed by atoms with Gasteiger partial charge in [0, 0.05) is 17.1 Å². The standard InChI is InChI=1S/C17H24ClNOS/c1-16(2)8-14(20)9-17(3,10-16)11-19-15(21)12-5-4-6-13(18)7-12/h4-7,14,20H,8-11H2,1-3H3,(H,19,21)/t14-,17-/m0/s1. The molecule has 1 aliphatic carbocycles. The van der Waals surface area contributed by atoms with E-state index in [2.05, 4.69) is 26.1 Å². The summed E-state index contributed by atoms with van der Waals surface area (Å²) in [5.74, 6) is 0. The topological polar surface area (TPSA) is 32.3 Å². The number of halogens is 1. The van der Waals surface area contributed by atoms with Gasteiger partial charge in [-0.3, -0.25) is 0 Å². The van der Waals surface area contributed by atoms with Crippen LogP contribution in [0.3, 0.4) is 0 Å². The molecule has 2 atom stereocenters. The molecule has 21 heavy (non-hydrogen) atoms. The minimum atomic E-state index is -0.222. The first-order chi connectivity index (χ1) is 9.69. The van der Waals surface area contributed by atoms with Crippen LogP contribution in [0.15, 0.2) is 24.3 Å². The predicted octanol–water partition coefficient (Wildman–Crippen LogP) is 4.18. The molecule has 1 saturated carbocycles. The van der Waals surface area contributed by atoms with Crippen molar-refractivity contribution in [3.05, 3.63) is 34.9 Å². The molecule has 0 amide bonds. The molecule has 0 spiro atoms. The quantitative estimate of drug-likeness (QED) is 0.818.